The number of benzene rings is 1. The van der Waals surface area contributed by atoms with Gasteiger partial charge in [-0.1, -0.05) is 12.1 Å². The van der Waals surface area contributed by atoms with Gasteiger partial charge >= 0.3 is 0 Å². The highest BCUT2D eigenvalue weighted by Gasteiger charge is 2.41. The lowest BCUT2D eigenvalue weighted by Crippen LogP contribution is -2.40. The van der Waals surface area contributed by atoms with Crippen molar-refractivity contribution in [2.24, 2.45) is 11.8 Å². The predicted molar refractivity (Wildman–Crippen MR) is 81.7 cm³/mol. The van der Waals surface area contributed by atoms with Crippen molar-refractivity contribution < 1.29 is 14.6 Å². The number of hydrogen-bond acceptors (Lipinski definition) is 4. The van der Waals surface area contributed by atoms with Crippen LogP contribution in [-0.2, 0) is 0 Å². The Bertz CT molecular complexity index is 445. The lowest BCUT2D eigenvalue weighted by atomic mass is 10.1. The molecule has 2 aliphatic rings. The van der Waals surface area contributed by atoms with E-state index in [1.54, 1.807) is 7.11 Å². The standard InChI is InChI=1S/C17H25NO3/c1-20-15-4-2-3-5-16(15)21-11-14(19)10-18-17(12-6-7-12)13-8-9-13/h2-5,12-14,17-19H,6-11H2,1H3. The van der Waals surface area contributed by atoms with Gasteiger partial charge in [0.25, 0.3) is 0 Å². The molecule has 4 nitrogen and oxygen atoms in total. The number of para-hydroxylation sites is 2. The van der Waals surface area contributed by atoms with E-state index in [0.717, 1.165) is 11.8 Å². The summed E-state index contributed by atoms with van der Waals surface area (Å²) in [6, 6.07) is 8.14. The highest BCUT2D eigenvalue weighted by atomic mass is 16.5. The Morgan fingerprint density at radius 1 is 1.14 bits per heavy atom. The molecule has 21 heavy (non-hydrogen) atoms. The van der Waals surface area contributed by atoms with Gasteiger partial charge in [0, 0.05) is 12.6 Å². The monoisotopic (exact) mass is 291 g/mol. The minimum absolute atomic E-state index is 0.287. The fourth-order valence-corrected chi connectivity index (χ4v) is 2.88. The number of rotatable bonds is 9. The second-order valence-corrected chi connectivity index (χ2v) is 6.22. The van der Waals surface area contributed by atoms with E-state index in [0.29, 0.717) is 24.1 Å². The molecule has 2 N–H and O–H groups in total. The first-order valence-corrected chi connectivity index (χ1v) is 7.95. The molecule has 0 heterocycles. The molecule has 0 amide bonds. The van der Waals surface area contributed by atoms with Gasteiger partial charge < -0.3 is 19.9 Å². The normalized spacial score (nSPS) is 19.6. The Morgan fingerprint density at radius 3 is 2.33 bits per heavy atom. The van der Waals surface area contributed by atoms with Crippen molar-refractivity contribution in [1.29, 1.82) is 0 Å². The maximum absolute atomic E-state index is 10.1. The number of nitrogens with one attached hydrogen (secondary N) is 1. The molecule has 0 aliphatic heterocycles. The summed E-state index contributed by atoms with van der Waals surface area (Å²) in [5.41, 5.74) is 0. The van der Waals surface area contributed by atoms with E-state index < -0.39 is 6.10 Å². The molecule has 0 aromatic heterocycles. The molecule has 2 saturated carbocycles. The molecule has 2 fully saturated rings. The number of hydrogen-bond donors (Lipinski definition) is 2. The quantitative estimate of drug-likeness (QED) is 0.732. The minimum atomic E-state index is -0.491. The van der Waals surface area contributed by atoms with Crippen molar-refractivity contribution in [3.8, 4) is 11.5 Å². The van der Waals surface area contributed by atoms with Crippen LogP contribution < -0.4 is 14.8 Å². The molecular weight excluding hydrogens is 266 g/mol. The zero-order valence-electron chi connectivity index (χ0n) is 12.6. The van der Waals surface area contributed by atoms with E-state index in [1.807, 2.05) is 24.3 Å². The highest BCUT2D eigenvalue weighted by molar-refractivity contribution is 5.39. The van der Waals surface area contributed by atoms with Gasteiger partial charge in [0.1, 0.15) is 12.7 Å². The second-order valence-electron chi connectivity index (χ2n) is 6.22. The molecule has 1 atom stereocenters. The summed E-state index contributed by atoms with van der Waals surface area (Å²) in [6.45, 7) is 0.891. The topological polar surface area (TPSA) is 50.7 Å². The molecular formula is C17H25NO3. The van der Waals surface area contributed by atoms with Gasteiger partial charge in [0.15, 0.2) is 11.5 Å². The third kappa shape index (κ3) is 4.11. The minimum Gasteiger partial charge on any atom is -0.493 e. The van der Waals surface area contributed by atoms with Crippen LogP contribution in [0.1, 0.15) is 25.7 Å². The Labute approximate surface area is 126 Å². The summed E-state index contributed by atoms with van der Waals surface area (Å²) in [7, 11) is 1.62. The van der Waals surface area contributed by atoms with Gasteiger partial charge in [0.2, 0.25) is 0 Å². The van der Waals surface area contributed by atoms with Crippen molar-refractivity contribution in [3.63, 3.8) is 0 Å². The Hall–Kier alpha value is -1.26. The van der Waals surface area contributed by atoms with E-state index in [4.69, 9.17) is 9.47 Å². The molecule has 0 radical (unpaired) electrons. The van der Waals surface area contributed by atoms with Crippen molar-refractivity contribution in [1.82, 2.24) is 5.32 Å². The van der Waals surface area contributed by atoms with Gasteiger partial charge in [-0.05, 0) is 49.7 Å². The van der Waals surface area contributed by atoms with Gasteiger partial charge in [-0.3, -0.25) is 0 Å². The fraction of sp³-hybridized carbons (Fsp3) is 0.647. The van der Waals surface area contributed by atoms with Crippen molar-refractivity contribution >= 4 is 0 Å². The van der Waals surface area contributed by atoms with Gasteiger partial charge in [-0.2, -0.15) is 0 Å². The molecule has 4 heteroatoms. The first-order chi connectivity index (χ1) is 10.3. The Balaban J connectivity index is 1.42. The zero-order chi connectivity index (χ0) is 14.7. The van der Waals surface area contributed by atoms with E-state index in [-0.39, 0.29) is 6.61 Å². The molecule has 1 unspecified atom stereocenters. The second kappa shape index (κ2) is 6.67. The van der Waals surface area contributed by atoms with Crippen LogP contribution in [0.4, 0.5) is 0 Å². The molecule has 3 rings (SSSR count). The summed E-state index contributed by atoms with van der Waals surface area (Å²) in [5, 5.41) is 13.6. The maximum atomic E-state index is 10.1. The lowest BCUT2D eigenvalue weighted by molar-refractivity contribution is 0.0999. The van der Waals surface area contributed by atoms with Crippen LogP contribution in [0.2, 0.25) is 0 Å². The average molecular weight is 291 g/mol. The molecule has 0 saturated heterocycles. The fourth-order valence-electron chi connectivity index (χ4n) is 2.88. The van der Waals surface area contributed by atoms with E-state index >= 15 is 0 Å². The molecule has 1 aromatic rings. The lowest BCUT2D eigenvalue weighted by Gasteiger charge is -2.20. The maximum Gasteiger partial charge on any atom is 0.161 e. The number of aliphatic hydroxyl groups is 1. The van der Waals surface area contributed by atoms with Crippen LogP contribution in [0.5, 0.6) is 11.5 Å². The number of aliphatic hydroxyl groups excluding tert-OH is 1. The first-order valence-electron chi connectivity index (χ1n) is 7.95. The summed E-state index contributed by atoms with van der Waals surface area (Å²) in [6.07, 6.45) is 4.91. The third-order valence-electron chi connectivity index (χ3n) is 4.35. The van der Waals surface area contributed by atoms with Crippen LogP contribution in [0, 0.1) is 11.8 Å². The van der Waals surface area contributed by atoms with Crippen LogP contribution >= 0.6 is 0 Å². The van der Waals surface area contributed by atoms with Crippen LogP contribution in [0.3, 0.4) is 0 Å². The van der Waals surface area contributed by atoms with Gasteiger partial charge in [0.05, 0.1) is 7.11 Å². The van der Waals surface area contributed by atoms with Crippen LogP contribution in [-0.4, -0.2) is 37.5 Å². The predicted octanol–water partition coefficient (Wildman–Crippen LogP) is 2.21. The smallest absolute Gasteiger partial charge is 0.161 e. The Morgan fingerprint density at radius 2 is 1.76 bits per heavy atom. The van der Waals surface area contributed by atoms with Crippen molar-refractivity contribution in [3.05, 3.63) is 24.3 Å². The number of methoxy groups -OCH3 is 1. The van der Waals surface area contributed by atoms with E-state index in [1.165, 1.54) is 25.7 Å². The van der Waals surface area contributed by atoms with Gasteiger partial charge in [-0.25, -0.2) is 0 Å². The first kappa shape index (κ1) is 14.7. The van der Waals surface area contributed by atoms with E-state index in [2.05, 4.69) is 5.32 Å². The van der Waals surface area contributed by atoms with Crippen LogP contribution in [0.25, 0.3) is 0 Å². The van der Waals surface area contributed by atoms with Gasteiger partial charge in [-0.15, -0.1) is 0 Å². The summed E-state index contributed by atoms with van der Waals surface area (Å²) in [5.74, 6) is 3.08. The SMILES string of the molecule is COc1ccccc1OCC(O)CNC(C1CC1)C1CC1. The Kier molecular flexibility index (Phi) is 4.66. The largest absolute Gasteiger partial charge is 0.493 e. The van der Waals surface area contributed by atoms with Crippen LogP contribution in [0.15, 0.2) is 24.3 Å². The summed E-state index contributed by atoms with van der Waals surface area (Å²) < 4.78 is 10.9. The number of ether oxygens (including phenoxy) is 2. The van der Waals surface area contributed by atoms with E-state index in [9.17, 15) is 5.11 Å². The summed E-state index contributed by atoms with van der Waals surface area (Å²) in [4.78, 5) is 0. The summed E-state index contributed by atoms with van der Waals surface area (Å²) >= 11 is 0. The van der Waals surface area contributed by atoms with Crippen molar-refractivity contribution in [2.75, 3.05) is 20.3 Å². The van der Waals surface area contributed by atoms with Crippen molar-refractivity contribution in [2.45, 2.75) is 37.8 Å². The zero-order valence-corrected chi connectivity index (χ0v) is 12.6. The molecule has 116 valence electrons. The molecule has 0 bridgehead atoms. The highest BCUT2D eigenvalue weighted by Crippen LogP contribution is 2.44. The molecule has 1 aromatic carbocycles. The molecule has 2 aliphatic carbocycles. The molecule has 0 spiro atoms. The third-order valence-corrected chi connectivity index (χ3v) is 4.35. The average Bonchev–Trinajstić information content (AvgIpc) is 3.38.